The first-order chi connectivity index (χ1) is 10.3. The van der Waals surface area contributed by atoms with Crippen LogP contribution in [0.25, 0.3) is 5.69 Å². The molecule has 4 heteroatoms. The molecule has 0 unspecified atom stereocenters. The fourth-order valence-corrected chi connectivity index (χ4v) is 2.24. The summed E-state index contributed by atoms with van der Waals surface area (Å²) in [5, 5.41) is 7.65. The number of anilines is 2. The van der Waals surface area contributed by atoms with Gasteiger partial charge in [-0.05, 0) is 54.9 Å². The minimum Gasteiger partial charge on any atom is -0.355 e. The van der Waals surface area contributed by atoms with Gasteiger partial charge in [0.15, 0.2) is 0 Å². The second-order valence-electron chi connectivity index (χ2n) is 4.86. The molecular weight excluding hydrogens is 260 g/mol. The molecule has 21 heavy (non-hydrogen) atoms. The van der Waals surface area contributed by atoms with E-state index in [2.05, 4.69) is 40.7 Å². The Labute approximate surface area is 124 Å². The van der Waals surface area contributed by atoms with Gasteiger partial charge in [0.25, 0.3) is 0 Å². The average molecular weight is 278 g/mol. The van der Waals surface area contributed by atoms with Gasteiger partial charge in [-0.3, -0.25) is 0 Å². The standard InChI is InChI=1S/C17H18N4/c18-10-9-14-5-7-15(8-6-14)20-16-3-1-4-17(13-16)21-12-2-11-19-21/h1-8,11-13,20H,9-10,18H2. The van der Waals surface area contributed by atoms with Crippen molar-refractivity contribution in [1.29, 1.82) is 0 Å². The summed E-state index contributed by atoms with van der Waals surface area (Å²) in [5.41, 5.74) is 9.95. The van der Waals surface area contributed by atoms with Crippen molar-refractivity contribution >= 4 is 11.4 Å². The minimum absolute atomic E-state index is 0.679. The lowest BCUT2D eigenvalue weighted by molar-refractivity contribution is 0.881. The zero-order chi connectivity index (χ0) is 14.5. The number of nitrogens with zero attached hydrogens (tertiary/aromatic N) is 2. The van der Waals surface area contributed by atoms with Crippen LogP contribution < -0.4 is 11.1 Å². The van der Waals surface area contributed by atoms with Crippen LogP contribution in [0.1, 0.15) is 5.56 Å². The average Bonchev–Trinajstić information content (AvgIpc) is 3.04. The monoisotopic (exact) mass is 278 g/mol. The zero-order valence-electron chi connectivity index (χ0n) is 11.7. The molecule has 0 amide bonds. The molecule has 0 aliphatic heterocycles. The number of hydrogen-bond acceptors (Lipinski definition) is 3. The van der Waals surface area contributed by atoms with Crippen molar-refractivity contribution in [3.05, 3.63) is 72.6 Å². The highest BCUT2D eigenvalue weighted by atomic mass is 15.3. The summed E-state index contributed by atoms with van der Waals surface area (Å²) < 4.78 is 1.84. The van der Waals surface area contributed by atoms with Crippen LogP contribution in [0.15, 0.2) is 67.0 Å². The molecule has 0 spiro atoms. The predicted octanol–water partition coefficient (Wildman–Crippen LogP) is 3.12. The molecule has 1 heterocycles. The van der Waals surface area contributed by atoms with E-state index in [0.29, 0.717) is 6.54 Å². The lowest BCUT2D eigenvalue weighted by Gasteiger charge is -2.09. The SMILES string of the molecule is NCCc1ccc(Nc2cccc(-n3cccn3)c2)cc1. The smallest absolute Gasteiger partial charge is 0.0666 e. The second kappa shape index (κ2) is 6.24. The highest BCUT2D eigenvalue weighted by Crippen LogP contribution is 2.19. The van der Waals surface area contributed by atoms with Crippen LogP contribution in [0.2, 0.25) is 0 Å². The molecule has 0 aliphatic rings. The first-order valence-electron chi connectivity index (χ1n) is 7.01. The Morgan fingerprint density at radius 2 is 1.86 bits per heavy atom. The molecule has 0 radical (unpaired) electrons. The molecule has 3 rings (SSSR count). The van der Waals surface area contributed by atoms with Gasteiger partial charge in [0, 0.05) is 23.8 Å². The van der Waals surface area contributed by atoms with Gasteiger partial charge in [-0.1, -0.05) is 18.2 Å². The fraction of sp³-hybridized carbons (Fsp3) is 0.118. The Balaban J connectivity index is 1.77. The lowest BCUT2D eigenvalue weighted by Crippen LogP contribution is -2.02. The normalized spacial score (nSPS) is 10.5. The van der Waals surface area contributed by atoms with Gasteiger partial charge in [-0.2, -0.15) is 5.10 Å². The summed E-state index contributed by atoms with van der Waals surface area (Å²) in [5.74, 6) is 0. The Hall–Kier alpha value is -2.59. The van der Waals surface area contributed by atoms with E-state index in [9.17, 15) is 0 Å². The zero-order valence-corrected chi connectivity index (χ0v) is 11.7. The second-order valence-corrected chi connectivity index (χ2v) is 4.86. The van der Waals surface area contributed by atoms with Crippen LogP contribution in [-0.2, 0) is 6.42 Å². The first-order valence-corrected chi connectivity index (χ1v) is 7.01. The first kappa shape index (κ1) is 13.4. The fourth-order valence-electron chi connectivity index (χ4n) is 2.24. The molecule has 106 valence electrons. The molecule has 0 atom stereocenters. The maximum atomic E-state index is 5.56. The van der Waals surface area contributed by atoms with Crippen molar-refractivity contribution in [2.45, 2.75) is 6.42 Å². The predicted molar refractivity (Wildman–Crippen MR) is 86.0 cm³/mol. The van der Waals surface area contributed by atoms with Crippen molar-refractivity contribution in [2.24, 2.45) is 5.73 Å². The Bertz CT molecular complexity index is 687. The van der Waals surface area contributed by atoms with Gasteiger partial charge in [0.05, 0.1) is 5.69 Å². The molecule has 0 saturated carbocycles. The number of rotatable bonds is 5. The van der Waals surface area contributed by atoms with Crippen molar-refractivity contribution < 1.29 is 0 Å². The maximum Gasteiger partial charge on any atom is 0.0666 e. The minimum atomic E-state index is 0.679. The highest BCUT2D eigenvalue weighted by molar-refractivity contribution is 5.62. The third kappa shape index (κ3) is 3.30. The van der Waals surface area contributed by atoms with Crippen molar-refractivity contribution in [1.82, 2.24) is 9.78 Å². The summed E-state index contributed by atoms with van der Waals surface area (Å²) in [7, 11) is 0. The number of nitrogens with two attached hydrogens (primary N) is 1. The topological polar surface area (TPSA) is 55.9 Å². The van der Waals surface area contributed by atoms with Crippen molar-refractivity contribution in [3.8, 4) is 5.69 Å². The van der Waals surface area contributed by atoms with Crippen LogP contribution in [0.3, 0.4) is 0 Å². The van der Waals surface area contributed by atoms with E-state index < -0.39 is 0 Å². The molecule has 3 N–H and O–H groups in total. The lowest BCUT2D eigenvalue weighted by atomic mass is 10.1. The highest BCUT2D eigenvalue weighted by Gasteiger charge is 1.99. The van der Waals surface area contributed by atoms with Gasteiger partial charge in [0.1, 0.15) is 0 Å². The quantitative estimate of drug-likeness (QED) is 0.754. The molecule has 0 aliphatic carbocycles. The van der Waals surface area contributed by atoms with Crippen molar-refractivity contribution in [3.63, 3.8) is 0 Å². The van der Waals surface area contributed by atoms with E-state index in [1.807, 2.05) is 35.1 Å². The van der Waals surface area contributed by atoms with E-state index in [1.165, 1.54) is 5.56 Å². The summed E-state index contributed by atoms with van der Waals surface area (Å²) >= 11 is 0. The largest absolute Gasteiger partial charge is 0.355 e. The number of hydrogen-bond donors (Lipinski definition) is 2. The molecule has 4 nitrogen and oxygen atoms in total. The summed E-state index contributed by atoms with van der Waals surface area (Å²) in [4.78, 5) is 0. The van der Waals surface area contributed by atoms with Crippen LogP contribution in [0.4, 0.5) is 11.4 Å². The van der Waals surface area contributed by atoms with E-state index in [1.54, 1.807) is 6.20 Å². The van der Waals surface area contributed by atoms with E-state index in [0.717, 1.165) is 23.5 Å². The van der Waals surface area contributed by atoms with Gasteiger partial charge in [0.2, 0.25) is 0 Å². The number of aromatic nitrogens is 2. The summed E-state index contributed by atoms with van der Waals surface area (Å²) in [6.45, 7) is 0.679. The summed E-state index contributed by atoms with van der Waals surface area (Å²) in [6.07, 6.45) is 4.62. The van der Waals surface area contributed by atoms with E-state index in [4.69, 9.17) is 5.73 Å². The maximum absolute atomic E-state index is 5.56. The molecule has 0 fully saturated rings. The van der Waals surface area contributed by atoms with Crippen LogP contribution in [-0.4, -0.2) is 16.3 Å². The Kier molecular flexibility index (Phi) is 3.98. The Morgan fingerprint density at radius 3 is 2.57 bits per heavy atom. The molecule has 0 saturated heterocycles. The summed E-state index contributed by atoms with van der Waals surface area (Å²) in [6, 6.07) is 18.4. The van der Waals surface area contributed by atoms with Gasteiger partial charge >= 0.3 is 0 Å². The van der Waals surface area contributed by atoms with Crippen LogP contribution in [0, 0.1) is 0 Å². The van der Waals surface area contributed by atoms with Crippen LogP contribution >= 0.6 is 0 Å². The third-order valence-corrected chi connectivity index (χ3v) is 3.29. The molecular formula is C17H18N4. The van der Waals surface area contributed by atoms with Gasteiger partial charge in [-0.25, -0.2) is 4.68 Å². The Morgan fingerprint density at radius 1 is 1.00 bits per heavy atom. The van der Waals surface area contributed by atoms with E-state index in [-0.39, 0.29) is 0 Å². The van der Waals surface area contributed by atoms with Crippen LogP contribution in [0.5, 0.6) is 0 Å². The van der Waals surface area contributed by atoms with E-state index >= 15 is 0 Å². The van der Waals surface area contributed by atoms with Gasteiger partial charge < -0.3 is 11.1 Å². The number of nitrogens with one attached hydrogen (secondary N) is 1. The molecule has 1 aromatic heterocycles. The van der Waals surface area contributed by atoms with Crippen molar-refractivity contribution in [2.75, 3.05) is 11.9 Å². The molecule has 3 aromatic rings. The third-order valence-electron chi connectivity index (χ3n) is 3.29. The number of benzene rings is 2. The van der Waals surface area contributed by atoms with Gasteiger partial charge in [-0.15, -0.1) is 0 Å². The molecule has 0 bridgehead atoms. The molecule has 2 aromatic carbocycles.